The number of nitrogens with zero attached hydrogens (tertiary/aromatic N) is 1. The average molecular weight is 241 g/mol. The second kappa shape index (κ2) is 4.72. The number of alkyl halides is 2. The lowest BCUT2D eigenvalue weighted by atomic mass is 9.73. The molecule has 0 fully saturated rings. The SMILES string of the molecule is CN1CCc2cc(C(F)F)cc(B(O)O)c2C1. The molecule has 0 atom stereocenters. The molecule has 0 saturated carbocycles. The van der Waals surface area contributed by atoms with Crippen LogP contribution in [0, 0.1) is 0 Å². The van der Waals surface area contributed by atoms with Crippen molar-refractivity contribution in [3.63, 3.8) is 0 Å². The number of halogens is 2. The summed E-state index contributed by atoms with van der Waals surface area (Å²) < 4.78 is 25.4. The molecule has 1 aromatic rings. The van der Waals surface area contributed by atoms with Gasteiger partial charge in [-0.25, -0.2) is 8.78 Å². The maximum Gasteiger partial charge on any atom is 0.488 e. The Morgan fingerprint density at radius 1 is 1.35 bits per heavy atom. The van der Waals surface area contributed by atoms with Crippen LogP contribution >= 0.6 is 0 Å². The minimum absolute atomic E-state index is 0.142. The van der Waals surface area contributed by atoms with Gasteiger partial charge in [0.2, 0.25) is 0 Å². The minimum atomic E-state index is -2.59. The number of fused-ring (bicyclic) bond motifs is 1. The van der Waals surface area contributed by atoms with Crippen molar-refractivity contribution in [2.24, 2.45) is 0 Å². The molecule has 17 heavy (non-hydrogen) atoms. The van der Waals surface area contributed by atoms with E-state index in [0.717, 1.165) is 17.7 Å². The molecule has 0 spiro atoms. The van der Waals surface area contributed by atoms with E-state index < -0.39 is 13.5 Å². The van der Waals surface area contributed by atoms with Gasteiger partial charge in [-0.3, -0.25) is 0 Å². The monoisotopic (exact) mass is 241 g/mol. The molecule has 1 aliphatic rings. The zero-order chi connectivity index (χ0) is 12.6. The Bertz CT molecular complexity index is 426. The van der Waals surface area contributed by atoms with Crippen LogP contribution in [0.1, 0.15) is 23.1 Å². The average Bonchev–Trinajstić information content (AvgIpc) is 2.27. The molecule has 0 radical (unpaired) electrons. The number of hydrogen-bond donors (Lipinski definition) is 2. The van der Waals surface area contributed by atoms with E-state index in [1.165, 1.54) is 12.1 Å². The quantitative estimate of drug-likeness (QED) is 0.731. The van der Waals surface area contributed by atoms with Crippen LogP contribution in [0.4, 0.5) is 8.78 Å². The van der Waals surface area contributed by atoms with Crippen LogP contribution < -0.4 is 5.46 Å². The normalized spacial score (nSPS) is 16.1. The lowest BCUT2D eigenvalue weighted by molar-refractivity contribution is 0.151. The van der Waals surface area contributed by atoms with Gasteiger partial charge in [0, 0.05) is 18.7 Å². The molecule has 2 rings (SSSR count). The fourth-order valence-electron chi connectivity index (χ4n) is 2.21. The summed E-state index contributed by atoms with van der Waals surface area (Å²) in [7, 11) is 0.214. The molecular formula is C11H14BF2NO2. The predicted octanol–water partition coefficient (Wildman–Crippen LogP) is 0.292. The summed E-state index contributed by atoms with van der Waals surface area (Å²) in [6.45, 7) is 1.35. The van der Waals surface area contributed by atoms with Gasteiger partial charge >= 0.3 is 7.12 Å². The third-order valence-corrected chi connectivity index (χ3v) is 3.12. The Labute approximate surface area is 98.8 Å². The van der Waals surface area contributed by atoms with E-state index in [4.69, 9.17) is 0 Å². The van der Waals surface area contributed by atoms with Crippen LogP contribution in [-0.2, 0) is 13.0 Å². The molecule has 0 saturated heterocycles. The first-order valence-electron chi connectivity index (χ1n) is 5.47. The molecule has 0 unspecified atom stereocenters. The summed E-state index contributed by atoms with van der Waals surface area (Å²) in [6, 6.07) is 2.66. The molecule has 0 aromatic heterocycles. The van der Waals surface area contributed by atoms with Gasteiger partial charge in [-0.1, -0.05) is 6.07 Å². The van der Waals surface area contributed by atoms with Crippen molar-refractivity contribution in [2.75, 3.05) is 13.6 Å². The summed E-state index contributed by atoms with van der Waals surface area (Å²) in [5, 5.41) is 18.5. The van der Waals surface area contributed by atoms with E-state index >= 15 is 0 Å². The first kappa shape index (κ1) is 12.5. The van der Waals surface area contributed by atoms with Crippen LogP contribution in [-0.4, -0.2) is 35.7 Å². The Balaban J connectivity index is 2.51. The molecule has 0 amide bonds. The second-order valence-electron chi connectivity index (χ2n) is 4.41. The molecule has 0 bridgehead atoms. The zero-order valence-electron chi connectivity index (χ0n) is 9.53. The van der Waals surface area contributed by atoms with Crippen molar-refractivity contribution < 1.29 is 18.8 Å². The van der Waals surface area contributed by atoms with Crippen molar-refractivity contribution in [3.8, 4) is 0 Å². The second-order valence-corrected chi connectivity index (χ2v) is 4.41. The number of hydrogen-bond acceptors (Lipinski definition) is 3. The van der Waals surface area contributed by atoms with Crippen LogP contribution in [0.15, 0.2) is 12.1 Å². The Morgan fingerprint density at radius 2 is 2.06 bits per heavy atom. The van der Waals surface area contributed by atoms with Crippen LogP contribution in [0.25, 0.3) is 0 Å². The Hall–Kier alpha value is -0.975. The van der Waals surface area contributed by atoms with Crippen LogP contribution in [0.3, 0.4) is 0 Å². The van der Waals surface area contributed by atoms with Crippen molar-refractivity contribution in [1.82, 2.24) is 4.90 Å². The van der Waals surface area contributed by atoms with Crippen molar-refractivity contribution >= 4 is 12.6 Å². The molecular weight excluding hydrogens is 227 g/mol. The van der Waals surface area contributed by atoms with E-state index in [1.54, 1.807) is 0 Å². The molecule has 3 nitrogen and oxygen atoms in total. The molecule has 1 aromatic carbocycles. The molecule has 6 heteroatoms. The highest BCUT2D eigenvalue weighted by molar-refractivity contribution is 6.59. The fourth-order valence-corrected chi connectivity index (χ4v) is 2.21. The zero-order valence-corrected chi connectivity index (χ0v) is 9.53. The topological polar surface area (TPSA) is 43.7 Å². The molecule has 1 aliphatic heterocycles. The molecule has 2 N–H and O–H groups in total. The minimum Gasteiger partial charge on any atom is -0.423 e. The van der Waals surface area contributed by atoms with E-state index in [2.05, 4.69) is 0 Å². The van der Waals surface area contributed by atoms with E-state index in [1.807, 2.05) is 11.9 Å². The lowest BCUT2D eigenvalue weighted by Crippen LogP contribution is -2.39. The Morgan fingerprint density at radius 3 is 2.65 bits per heavy atom. The van der Waals surface area contributed by atoms with Gasteiger partial charge in [0.1, 0.15) is 0 Å². The van der Waals surface area contributed by atoms with Crippen LogP contribution in [0.5, 0.6) is 0 Å². The summed E-state index contributed by atoms with van der Waals surface area (Å²) in [4.78, 5) is 2.02. The van der Waals surface area contributed by atoms with Gasteiger partial charge in [0.25, 0.3) is 6.43 Å². The summed E-state index contributed by atoms with van der Waals surface area (Å²) in [5.74, 6) is 0. The standard InChI is InChI=1S/C11H14BF2NO2/c1-15-3-2-7-4-8(11(13)14)5-10(12(16)17)9(7)6-15/h4-5,11,16-17H,2-3,6H2,1H3. The largest absolute Gasteiger partial charge is 0.488 e. The molecule has 92 valence electrons. The number of likely N-dealkylation sites (N-methyl/N-ethyl adjacent to an activating group) is 1. The van der Waals surface area contributed by atoms with Gasteiger partial charge in [-0.05, 0) is 36.1 Å². The number of benzene rings is 1. The first-order valence-corrected chi connectivity index (χ1v) is 5.47. The first-order chi connectivity index (χ1) is 7.99. The summed E-state index contributed by atoms with van der Waals surface area (Å²) in [5.41, 5.74) is 1.61. The molecule has 1 heterocycles. The Kier molecular flexibility index (Phi) is 3.46. The fraction of sp³-hybridized carbons (Fsp3) is 0.455. The number of rotatable bonds is 2. The van der Waals surface area contributed by atoms with Gasteiger partial charge in [0.05, 0.1) is 0 Å². The van der Waals surface area contributed by atoms with Crippen molar-refractivity contribution in [3.05, 3.63) is 28.8 Å². The maximum absolute atomic E-state index is 12.7. The van der Waals surface area contributed by atoms with Crippen molar-refractivity contribution in [2.45, 2.75) is 19.4 Å². The highest BCUT2D eigenvalue weighted by atomic mass is 19.3. The summed E-state index contributed by atoms with van der Waals surface area (Å²) >= 11 is 0. The van der Waals surface area contributed by atoms with Crippen LogP contribution in [0.2, 0.25) is 0 Å². The smallest absolute Gasteiger partial charge is 0.423 e. The highest BCUT2D eigenvalue weighted by Crippen LogP contribution is 2.24. The van der Waals surface area contributed by atoms with Gasteiger partial charge in [-0.15, -0.1) is 0 Å². The van der Waals surface area contributed by atoms with Crippen molar-refractivity contribution in [1.29, 1.82) is 0 Å². The van der Waals surface area contributed by atoms with Gasteiger partial charge in [-0.2, -0.15) is 0 Å². The van der Waals surface area contributed by atoms with E-state index in [0.29, 0.717) is 13.0 Å². The highest BCUT2D eigenvalue weighted by Gasteiger charge is 2.25. The van der Waals surface area contributed by atoms with E-state index in [-0.39, 0.29) is 11.0 Å². The molecule has 0 aliphatic carbocycles. The predicted molar refractivity (Wildman–Crippen MR) is 61.3 cm³/mol. The van der Waals surface area contributed by atoms with Gasteiger partial charge < -0.3 is 14.9 Å². The third kappa shape index (κ3) is 2.49. The van der Waals surface area contributed by atoms with Gasteiger partial charge in [0.15, 0.2) is 0 Å². The lowest BCUT2D eigenvalue weighted by Gasteiger charge is -2.27. The summed E-state index contributed by atoms with van der Waals surface area (Å²) in [6.07, 6.45) is -1.93. The maximum atomic E-state index is 12.7. The third-order valence-electron chi connectivity index (χ3n) is 3.12. The van der Waals surface area contributed by atoms with E-state index in [9.17, 15) is 18.8 Å².